The zero-order valence-corrected chi connectivity index (χ0v) is 19.5. The Balaban J connectivity index is 1.38. The van der Waals surface area contributed by atoms with E-state index in [1.807, 2.05) is 80.0 Å². The number of carbonyl (C=O) groups is 2. The first-order chi connectivity index (χ1) is 14.8. The largest absolute Gasteiger partial charge is 0.350 e. The molecule has 1 atom stereocenters. The van der Waals surface area contributed by atoms with Crippen LogP contribution in [0.1, 0.15) is 36.8 Å². The quantitative estimate of drug-likeness (QED) is 0.589. The molecule has 6 nitrogen and oxygen atoms in total. The van der Waals surface area contributed by atoms with E-state index < -0.39 is 6.04 Å². The fourth-order valence-corrected chi connectivity index (χ4v) is 5.32. The van der Waals surface area contributed by atoms with Gasteiger partial charge in [-0.15, -0.1) is 23.5 Å². The summed E-state index contributed by atoms with van der Waals surface area (Å²) in [6, 6.07) is 13.1. The molecular weight excluding hydrogens is 428 g/mol. The molecule has 1 fully saturated rings. The highest BCUT2D eigenvalue weighted by molar-refractivity contribution is 7.99. The lowest BCUT2D eigenvalue weighted by atomic mass is 10.1. The van der Waals surface area contributed by atoms with Crippen LogP contribution in [-0.4, -0.2) is 49.3 Å². The van der Waals surface area contributed by atoms with Crippen LogP contribution in [0.4, 0.5) is 0 Å². The smallest absolute Gasteiger partial charge is 0.255 e. The summed E-state index contributed by atoms with van der Waals surface area (Å²) in [7, 11) is 0. The minimum atomic E-state index is -0.430. The third-order valence-electron chi connectivity index (χ3n) is 4.85. The number of carbonyl (C=O) groups excluding carboxylic acids is 2. The second-order valence-electron chi connectivity index (χ2n) is 8.54. The summed E-state index contributed by atoms with van der Waals surface area (Å²) in [5, 5.41) is 2.99. The van der Waals surface area contributed by atoms with E-state index in [0.29, 0.717) is 17.2 Å². The Hall–Kier alpha value is -2.45. The lowest BCUT2D eigenvalue weighted by Gasteiger charge is -2.27. The van der Waals surface area contributed by atoms with Gasteiger partial charge in [-0.1, -0.05) is 6.07 Å². The van der Waals surface area contributed by atoms with Crippen LogP contribution in [-0.2, 0) is 10.5 Å². The molecule has 0 aliphatic carbocycles. The average Bonchev–Trinajstić information content (AvgIpc) is 3.37. The van der Waals surface area contributed by atoms with Gasteiger partial charge in [0.05, 0.1) is 11.6 Å². The van der Waals surface area contributed by atoms with Crippen molar-refractivity contribution in [3.63, 3.8) is 0 Å². The highest BCUT2D eigenvalue weighted by Crippen LogP contribution is 2.26. The van der Waals surface area contributed by atoms with E-state index in [9.17, 15) is 9.59 Å². The molecule has 1 aromatic carbocycles. The number of pyridine rings is 1. The first-order valence-electron chi connectivity index (χ1n) is 10.2. The summed E-state index contributed by atoms with van der Waals surface area (Å²) in [6.45, 7) is 5.84. The molecule has 1 N–H and O–H groups in total. The van der Waals surface area contributed by atoms with Crippen molar-refractivity contribution in [2.45, 2.75) is 43.0 Å². The molecule has 1 saturated heterocycles. The Morgan fingerprint density at radius 3 is 2.68 bits per heavy atom. The van der Waals surface area contributed by atoms with E-state index in [1.165, 1.54) is 0 Å². The van der Waals surface area contributed by atoms with Gasteiger partial charge in [-0.3, -0.25) is 9.59 Å². The van der Waals surface area contributed by atoms with Gasteiger partial charge in [0.15, 0.2) is 0 Å². The molecule has 2 amide bonds. The Morgan fingerprint density at radius 2 is 1.97 bits per heavy atom. The van der Waals surface area contributed by atoms with Crippen LogP contribution >= 0.6 is 23.5 Å². The number of rotatable bonds is 5. The van der Waals surface area contributed by atoms with Crippen LogP contribution in [0.25, 0.3) is 5.65 Å². The molecule has 3 heterocycles. The number of hydrogen-bond donors (Lipinski definition) is 1. The molecule has 0 saturated carbocycles. The van der Waals surface area contributed by atoms with Gasteiger partial charge in [0.2, 0.25) is 5.91 Å². The molecule has 8 heteroatoms. The minimum Gasteiger partial charge on any atom is -0.350 e. The molecule has 1 unspecified atom stereocenters. The SMILES string of the molecule is CC(C)(C)NC(=O)C1CSCN1C(=O)c1ccc(SCc2cn3ccccc3n2)cc1. The number of imidazole rings is 1. The van der Waals surface area contributed by atoms with Crippen molar-refractivity contribution in [1.29, 1.82) is 0 Å². The molecular formula is C23H26N4O2S2. The Bertz CT molecular complexity index is 1060. The van der Waals surface area contributed by atoms with Crippen molar-refractivity contribution in [3.05, 3.63) is 66.1 Å². The standard InChI is InChI=1S/C23H26N4O2S2/c1-23(2,3)25-21(28)19-14-30-15-27(19)22(29)16-7-9-18(10-8-16)31-13-17-12-26-11-5-4-6-20(26)24-17/h4-12,19H,13-15H2,1-3H3,(H,25,28). The molecule has 31 heavy (non-hydrogen) atoms. The van der Waals surface area contributed by atoms with Gasteiger partial charge in [0.25, 0.3) is 5.91 Å². The number of thioether (sulfide) groups is 2. The van der Waals surface area contributed by atoms with Crippen LogP contribution < -0.4 is 5.32 Å². The number of fused-ring (bicyclic) bond motifs is 1. The van der Waals surface area contributed by atoms with Gasteiger partial charge in [-0.05, 0) is 57.2 Å². The maximum Gasteiger partial charge on any atom is 0.255 e. The molecule has 0 spiro atoms. The summed E-state index contributed by atoms with van der Waals surface area (Å²) < 4.78 is 2.01. The van der Waals surface area contributed by atoms with Crippen molar-refractivity contribution in [2.75, 3.05) is 11.6 Å². The third kappa shape index (κ3) is 5.25. The van der Waals surface area contributed by atoms with Gasteiger partial charge in [0, 0.05) is 39.9 Å². The van der Waals surface area contributed by atoms with Crippen molar-refractivity contribution < 1.29 is 9.59 Å². The lowest BCUT2D eigenvalue weighted by Crippen LogP contribution is -2.52. The molecule has 3 aromatic rings. The molecule has 0 bridgehead atoms. The van der Waals surface area contributed by atoms with Crippen LogP contribution in [0.15, 0.2) is 59.8 Å². The molecule has 162 valence electrons. The van der Waals surface area contributed by atoms with Gasteiger partial charge >= 0.3 is 0 Å². The second kappa shape index (κ2) is 8.96. The van der Waals surface area contributed by atoms with E-state index in [0.717, 1.165) is 22.0 Å². The maximum absolute atomic E-state index is 13.0. The van der Waals surface area contributed by atoms with Crippen molar-refractivity contribution >= 4 is 41.0 Å². The first kappa shape index (κ1) is 21.8. The van der Waals surface area contributed by atoms with E-state index in [-0.39, 0.29) is 17.4 Å². The van der Waals surface area contributed by atoms with Crippen LogP contribution in [0.5, 0.6) is 0 Å². The average molecular weight is 455 g/mol. The Kier molecular flexibility index (Phi) is 6.29. The number of aromatic nitrogens is 2. The van der Waals surface area contributed by atoms with Gasteiger partial charge < -0.3 is 14.6 Å². The lowest BCUT2D eigenvalue weighted by molar-refractivity contribution is -0.125. The molecule has 1 aliphatic heterocycles. The fourth-order valence-electron chi connectivity index (χ4n) is 3.39. The number of amides is 2. The van der Waals surface area contributed by atoms with E-state index in [4.69, 9.17) is 0 Å². The van der Waals surface area contributed by atoms with Crippen LogP contribution in [0, 0.1) is 0 Å². The van der Waals surface area contributed by atoms with Crippen LogP contribution in [0.3, 0.4) is 0 Å². The van der Waals surface area contributed by atoms with Gasteiger partial charge in [0.1, 0.15) is 11.7 Å². The first-order valence-corrected chi connectivity index (χ1v) is 12.3. The highest BCUT2D eigenvalue weighted by Gasteiger charge is 2.36. The monoisotopic (exact) mass is 454 g/mol. The molecule has 1 aliphatic rings. The third-order valence-corrected chi connectivity index (χ3v) is 6.90. The zero-order valence-electron chi connectivity index (χ0n) is 17.9. The topological polar surface area (TPSA) is 66.7 Å². The number of nitrogens with one attached hydrogen (secondary N) is 1. The molecule has 2 aromatic heterocycles. The van der Waals surface area contributed by atoms with E-state index in [2.05, 4.69) is 10.3 Å². The fraction of sp³-hybridized carbons (Fsp3) is 0.348. The summed E-state index contributed by atoms with van der Waals surface area (Å²) in [5.74, 6) is 1.72. The number of hydrogen-bond acceptors (Lipinski definition) is 5. The Labute approximate surface area is 190 Å². The second-order valence-corrected chi connectivity index (χ2v) is 10.6. The highest BCUT2D eigenvalue weighted by atomic mass is 32.2. The normalized spacial score (nSPS) is 16.6. The van der Waals surface area contributed by atoms with Crippen molar-refractivity contribution in [2.24, 2.45) is 0 Å². The minimum absolute atomic E-state index is 0.0921. The Morgan fingerprint density at radius 1 is 1.19 bits per heavy atom. The molecule has 4 rings (SSSR count). The van der Waals surface area contributed by atoms with Gasteiger partial charge in [-0.2, -0.15) is 0 Å². The summed E-state index contributed by atoms with van der Waals surface area (Å²) >= 11 is 3.29. The summed E-state index contributed by atoms with van der Waals surface area (Å²) in [4.78, 5) is 33.0. The predicted molar refractivity (Wildman–Crippen MR) is 126 cm³/mol. The summed E-state index contributed by atoms with van der Waals surface area (Å²) in [6.07, 6.45) is 4.02. The summed E-state index contributed by atoms with van der Waals surface area (Å²) in [5.41, 5.74) is 2.23. The predicted octanol–water partition coefficient (Wildman–Crippen LogP) is 4.06. The maximum atomic E-state index is 13.0. The van der Waals surface area contributed by atoms with E-state index in [1.54, 1.807) is 28.4 Å². The van der Waals surface area contributed by atoms with Crippen molar-refractivity contribution in [3.8, 4) is 0 Å². The zero-order chi connectivity index (χ0) is 22.0. The van der Waals surface area contributed by atoms with E-state index >= 15 is 0 Å². The number of benzene rings is 1. The van der Waals surface area contributed by atoms with Crippen molar-refractivity contribution in [1.82, 2.24) is 19.6 Å². The number of nitrogens with zero attached hydrogens (tertiary/aromatic N) is 3. The van der Waals surface area contributed by atoms with Crippen LogP contribution in [0.2, 0.25) is 0 Å². The molecule has 0 radical (unpaired) electrons. The van der Waals surface area contributed by atoms with Gasteiger partial charge in [-0.25, -0.2) is 4.98 Å².